The third-order valence-electron chi connectivity index (χ3n) is 3.69. The second-order valence-corrected chi connectivity index (χ2v) is 5.56. The Morgan fingerprint density at radius 2 is 2.00 bits per heavy atom. The van der Waals surface area contributed by atoms with Crippen molar-refractivity contribution in [2.75, 3.05) is 18.4 Å². The number of carbonyl (C=O) groups excluding carboxylic acids is 2. The van der Waals surface area contributed by atoms with Crippen molar-refractivity contribution in [3.05, 3.63) is 29.3 Å². The molecular weight excluding hydrogens is 256 g/mol. The Morgan fingerprint density at radius 1 is 1.30 bits per heavy atom. The van der Waals surface area contributed by atoms with Gasteiger partial charge in [-0.2, -0.15) is 0 Å². The molecule has 0 bridgehead atoms. The molecule has 0 aromatic heterocycles. The zero-order valence-corrected chi connectivity index (χ0v) is 11.7. The smallest absolute Gasteiger partial charge is 0.254 e. The molecule has 1 saturated heterocycles. The summed E-state index contributed by atoms with van der Waals surface area (Å²) in [4.78, 5) is 25.7. The molecule has 1 aromatic rings. The molecule has 5 nitrogen and oxygen atoms in total. The number of carbonyl (C=O) groups is 2. The van der Waals surface area contributed by atoms with E-state index in [-0.39, 0.29) is 24.0 Å². The number of nitrogens with zero attached hydrogens (tertiary/aromatic N) is 1. The van der Waals surface area contributed by atoms with Crippen molar-refractivity contribution in [2.45, 2.75) is 32.5 Å². The fourth-order valence-corrected chi connectivity index (χ4v) is 2.87. The molecule has 1 aromatic carbocycles. The first-order valence-electron chi connectivity index (χ1n) is 6.90. The largest absolute Gasteiger partial charge is 0.372 e. The Balaban J connectivity index is 1.81. The van der Waals surface area contributed by atoms with Crippen LogP contribution in [0.2, 0.25) is 0 Å². The summed E-state index contributed by atoms with van der Waals surface area (Å²) in [6.45, 7) is 5.15. The van der Waals surface area contributed by atoms with Gasteiger partial charge in [-0.1, -0.05) is 6.07 Å². The van der Waals surface area contributed by atoms with Crippen molar-refractivity contribution in [3.63, 3.8) is 0 Å². The Bertz CT molecular complexity index is 560. The highest BCUT2D eigenvalue weighted by molar-refractivity contribution is 6.02. The van der Waals surface area contributed by atoms with E-state index in [4.69, 9.17) is 4.74 Å². The second kappa shape index (κ2) is 4.90. The van der Waals surface area contributed by atoms with E-state index < -0.39 is 0 Å². The minimum Gasteiger partial charge on any atom is -0.372 e. The van der Waals surface area contributed by atoms with E-state index >= 15 is 0 Å². The average Bonchev–Trinajstić information content (AvgIpc) is 2.75. The predicted octanol–water partition coefficient (Wildman–Crippen LogP) is 1.43. The minimum absolute atomic E-state index is 0.00375. The Morgan fingerprint density at radius 3 is 2.70 bits per heavy atom. The van der Waals surface area contributed by atoms with Crippen LogP contribution in [0.25, 0.3) is 0 Å². The maximum absolute atomic E-state index is 12.5. The van der Waals surface area contributed by atoms with Gasteiger partial charge in [-0.15, -0.1) is 0 Å². The molecule has 5 heteroatoms. The van der Waals surface area contributed by atoms with E-state index in [1.54, 1.807) is 12.1 Å². The molecule has 2 aliphatic heterocycles. The number of ether oxygens (including phenoxy) is 1. The summed E-state index contributed by atoms with van der Waals surface area (Å²) in [5.74, 6) is -0.0193. The summed E-state index contributed by atoms with van der Waals surface area (Å²) in [5.41, 5.74) is 2.33. The van der Waals surface area contributed by atoms with Gasteiger partial charge in [0.1, 0.15) is 0 Å². The highest BCUT2D eigenvalue weighted by Gasteiger charge is 2.27. The topological polar surface area (TPSA) is 58.6 Å². The molecule has 0 aliphatic carbocycles. The lowest BCUT2D eigenvalue weighted by atomic mass is 10.1. The lowest BCUT2D eigenvalue weighted by molar-refractivity contribution is -0.115. The number of benzene rings is 1. The van der Waals surface area contributed by atoms with Crippen LogP contribution in [0.4, 0.5) is 5.69 Å². The molecule has 2 aliphatic rings. The zero-order valence-electron chi connectivity index (χ0n) is 11.7. The summed E-state index contributed by atoms with van der Waals surface area (Å²) in [6.07, 6.45) is 0.503. The number of nitrogens with one attached hydrogen (secondary N) is 1. The minimum atomic E-state index is -0.0155. The molecule has 2 heterocycles. The average molecular weight is 274 g/mol. The maximum Gasteiger partial charge on any atom is 0.254 e. The highest BCUT2D eigenvalue weighted by Crippen LogP contribution is 2.25. The molecule has 20 heavy (non-hydrogen) atoms. The molecule has 0 unspecified atom stereocenters. The summed E-state index contributed by atoms with van der Waals surface area (Å²) in [7, 11) is 0. The first-order valence-corrected chi connectivity index (χ1v) is 6.90. The normalized spacial score (nSPS) is 25.3. The fraction of sp³-hybridized carbons (Fsp3) is 0.467. The monoisotopic (exact) mass is 274 g/mol. The Labute approximate surface area is 117 Å². The lowest BCUT2D eigenvalue weighted by Crippen LogP contribution is -2.48. The van der Waals surface area contributed by atoms with Gasteiger partial charge >= 0.3 is 0 Å². The van der Waals surface area contributed by atoms with Crippen LogP contribution < -0.4 is 5.32 Å². The summed E-state index contributed by atoms with van der Waals surface area (Å²) < 4.78 is 5.64. The van der Waals surface area contributed by atoms with E-state index in [2.05, 4.69) is 5.32 Å². The molecular formula is C15H18N2O3. The molecule has 3 rings (SSSR count). The van der Waals surface area contributed by atoms with Crippen LogP contribution in [0.5, 0.6) is 0 Å². The van der Waals surface area contributed by atoms with Gasteiger partial charge in [-0.25, -0.2) is 0 Å². The van der Waals surface area contributed by atoms with Gasteiger partial charge in [0.05, 0.1) is 18.6 Å². The first-order chi connectivity index (χ1) is 9.52. The molecule has 106 valence electrons. The van der Waals surface area contributed by atoms with Crippen LogP contribution in [0.3, 0.4) is 0 Å². The Kier molecular flexibility index (Phi) is 3.22. The van der Waals surface area contributed by atoms with Gasteiger partial charge in [0.15, 0.2) is 0 Å². The second-order valence-electron chi connectivity index (χ2n) is 5.56. The van der Waals surface area contributed by atoms with Crippen molar-refractivity contribution in [3.8, 4) is 0 Å². The number of rotatable bonds is 1. The van der Waals surface area contributed by atoms with E-state index in [1.807, 2.05) is 24.8 Å². The predicted molar refractivity (Wildman–Crippen MR) is 74.7 cm³/mol. The van der Waals surface area contributed by atoms with Gasteiger partial charge in [0, 0.05) is 24.3 Å². The first kappa shape index (κ1) is 13.1. The maximum atomic E-state index is 12.5. The number of hydrogen-bond acceptors (Lipinski definition) is 3. The van der Waals surface area contributed by atoms with Crippen LogP contribution in [-0.2, 0) is 16.0 Å². The van der Waals surface area contributed by atoms with Gasteiger partial charge < -0.3 is 15.0 Å². The summed E-state index contributed by atoms with van der Waals surface area (Å²) in [6, 6.07) is 5.42. The van der Waals surface area contributed by atoms with E-state index in [1.165, 1.54) is 0 Å². The third-order valence-corrected chi connectivity index (χ3v) is 3.69. The zero-order chi connectivity index (χ0) is 14.3. The quantitative estimate of drug-likeness (QED) is 0.843. The SMILES string of the molecule is C[C@@H]1CN(C(=O)c2ccc3c(c2)NC(=O)C3)C[C@H](C)O1. The van der Waals surface area contributed by atoms with Crippen molar-refractivity contribution >= 4 is 17.5 Å². The molecule has 0 radical (unpaired) electrons. The van der Waals surface area contributed by atoms with E-state index in [0.717, 1.165) is 11.3 Å². The van der Waals surface area contributed by atoms with Gasteiger partial charge in [-0.3, -0.25) is 9.59 Å². The lowest BCUT2D eigenvalue weighted by Gasteiger charge is -2.35. The van der Waals surface area contributed by atoms with Crippen LogP contribution in [0.1, 0.15) is 29.8 Å². The molecule has 2 atom stereocenters. The van der Waals surface area contributed by atoms with E-state index in [9.17, 15) is 9.59 Å². The van der Waals surface area contributed by atoms with Crippen molar-refractivity contribution in [1.29, 1.82) is 0 Å². The van der Waals surface area contributed by atoms with Gasteiger partial charge in [0.25, 0.3) is 5.91 Å². The van der Waals surface area contributed by atoms with Crippen molar-refractivity contribution in [1.82, 2.24) is 4.90 Å². The van der Waals surface area contributed by atoms with Crippen molar-refractivity contribution in [2.24, 2.45) is 0 Å². The number of amides is 2. The third kappa shape index (κ3) is 2.41. The van der Waals surface area contributed by atoms with E-state index in [0.29, 0.717) is 25.1 Å². The molecule has 1 N–H and O–H groups in total. The van der Waals surface area contributed by atoms with Gasteiger partial charge in [0.2, 0.25) is 5.91 Å². The summed E-state index contributed by atoms with van der Waals surface area (Å²) >= 11 is 0. The number of fused-ring (bicyclic) bond motifs is 1. The number of anilines is 1. The summed E-state index contributed by atoms with van der Waals surface area (Å²) in [5, 5.41) is 2.78. The Hall–Kier alpha value is -1.88. The standard InChI is InChI=1S/C15H18N2O3/c1-9-7-17(8-10(2)20-9)15(19)12-4-3-11-6-14(18)16-13(11)5-12/h3-5,9-10H,6-8H2,1-2H3,(H,16,18)/t9-,10+. The highest BCUT2D eigenvalue weighted by atomic mass is 16.5. The van der Waals surface area contributed by atoms with Crippen LogP contribution in [0, 0.1) is 0 Å². The van der Waals surface area contributed by atoms with Gasteiger partial charge in [-0.05, 0) is 31.5 Å². The van der Waals surface area contributed by atoms with Crippen molar-refractivity contribution < 1.29 is 14.3 Å². The molecule has 2 amide bonds. The molecule has 1 fully saturated rings. The van der Waals surface area contributed by atoms with Crippen LogP contribution in [-0.4, -0.2) is 42.0 Å². The molecule has 0 spiro atoms. The van der Waals surface area contributed by atoms with Crippen LogP contribution >= 0.6 is 0 Å². The number of morpholine rings is 1. The fourth-order valence-electron chi connectivity index (χ4n) is 2.87. The number of hydrogen-bond donors (Lipinski definition) is 1. The molecule has 0 saturated carbocycles. The van der Waals surface area contributed by atoms with Crippen LogP contribution in [0.15, 0.2) is 18.2 Å².